The van der Waals surface area contributed by atoms with Gasteiger partial charge in [-0.15, -0.1) is 0 Å². The van der Waals surface area contributed by atoms with Gasteiger partial charge in [-0.1, -0.05) is 30.3 Å². The molecule has 0 aliphatic carbocycles. The maximum atomic E-state index is 13.1. The molecule has 2 rings (SSSR count). The van der Waals surface area contributed by atoms with Gasteiger partial charge in [0.05, 0.1) is 16.1 Å². The third-order valence-electron chi connectivity index (χ3n) is 4.72. The molecule has 2 aromatic carbocycles. The van der Waals surface area contributed by atoms with E-state index >= 15 is 0 Å². The maximum absolute atomic E-state index is 13.1. The molecule has 0 aliphatic heterocycles. The largest absolute Gasteiger partial charge is 0.459 e. The van der Waals surface area contributed by atoms with Gasteiger partial charge in [0, 0.05) is 12.5 Å². The molecule has 38 heavy (non-hydrogen) atoms. The number of nitrogens with one attached hydrogen (secondary N) is 1. The van der Waals surface area contributed by atoms with Gasteiger partial charge in [0.2, 0.25) is 0 Å². The van der Waals surface area contributed by atoms with Crippen molar-refractivity contribution < 1.29 is 38.3 Å². The number of ketones is 1. The second-order valence-electron chi connectivity index (χ2n) is 10.4. The molecule has 1 N–H and O–H groups in total. The fraction of sp³-hybridized carbons (Fsp3) is 0.407. The zero-order chi connectivity index (χ0) is 28.7. The first-order chi connectivity index (χ1) is 17.6. The van der Waals surface area contributed by atoms with Crippen LogP contribution in [0.4, 0.5) is 10.5 Å². The molecule has 11 heteroatoms. The summed E-state index contributed by atoms with van der Waals surface area (Å²) in [6.45, 7) is 9.68. The fourth-order valence-electron chi connectivity index (χ4n) is 3.15. The predicted molar refractivity (Wildman–Crippen MR) is 137 cm³/mol. The Hall–Kier alpha value is -4.28. The van der Waals surface area contributed by atoms with Crippen LogP contribution in [0.2, 0.25) is 0 Å². The predicted octanol–water partition coefficient (Wildman–Crippen LogP) is 4.76. The van der Waals surface area contributed by atoms with E-state index in [1.54, 1.807) is 71.9 Å². The fourth-order valence-corrected chi connectivity index (χ4v) is 3.15. The van der Waals surface area contributed by atoms with Crippen molar-refractivity contribution in [2.45, 2.75) is 71.8 Å². The minimum atomic E-state index is -1.49. The molecule has 0 unspecified atom stereocenters. The lowest BCUT2D eigenvalue weighted by atomic mass is 10.00. The molecule has 0 saturated carbocycles. The van der Waals surface area contributed by atoms with Gasteiger partial charge in [-0.05, 0) is 59.2 Å². The lowest BCUT2D eigenvalue weighted by Gasteiger charge is -2.23. The van der Waals surface area contributed by atoms with Crippen molar-refractivity contribution in [2.24, 2.45) is 0 Å². The van der Waals surface area contributed by atoms with E-state index in [0.29, 0.717) is 5.56 Å². The zero-order valence-electron chi connectivity index (χ0n) is 22.2. The molecule has 11 nitrogen and oxygen atoms in total. The van der Waals surface area contributed by atoms with Crippen molar-refractivity contribution in [3.63, 3.8) is 0 Å². The van der Waals surface area contributed by atoms with Gasteiger partial charge in [0.25, 0.3) is 5.69 Å². The number of nitrogens with zero attached hydrogens (tertiary/aromatic N) is 1. The van der Waals surface area contributed by atoms with Gasteiger partial charge >= 0.3 is 18.0 Å². The summed E-state index contributed by atoms with van der Waals surface area (Å²) in [5.74, 6) is -2.56. The van der Waals surface area contributed by atoms with Crippen LogP contribution in [0, 0.1) is 10.1 Å². The maximum Gasteiger partial charge on any atom is 0.408 e. The van der Waals surface area contributed by atoms with Gasteiger partial charge in [-0.2, -0.15) is 0 Å². The summed E-state index contributed by atoms with van der Waals surface area (Å²) in [6.07, 6.45) is -1.62. The van der Waals surface area contributed by atoms with Crippen LogP contribution in [0.5, 0.6) is 0 Å². The number of nitro groups is 1. The summed E-state index contributed by atoms with van der Waals surface area (Å²) < 4.78 is 15.7. The standard InChI is InChI=1S/C27H32N2O9/c1-26(2,3)37-23(31)18-12-13-19(21(14-18)29(34)35)22(30)15-20(28-25(33)38-27(4,5)6)24(32)36-16-17-10-8-7-9-11-17/h7-14,20H,15-16H2,1-6H3,(H,28,33)/t20-/m1/s1. The van der Waals surface area contributed by atoms with Crippen molar-refractivity contribution in [3.05, 3.63) is 75.3 Å². The third-order valence-corrected chi connectivity index (χ3v) is 4.72. The van der Waals surface area contributed by atoms with Crippen LogP contribution in [0.25, 0.3) is 0 Å². The van der Waals surface area contributed by atoms with Crippen molar-refractivity contribution >= 4 is 29.5 Å². The Balaban J connectivity index is 2.29. The van der Waals surface area contributed by atoms with E-state index in [1.807, 2.05) is 0 Å². The van der Waals surface area contributed by atoms with Crippen molar-refractivity contribution in [2.75, 3.05) is 0 Å². The lowest BCUT2D eigenvalue weighted by Crippen LogP contribution is -2.45. The van der Waals surface area contributed by atoms with Crippen LogP contribution in [-0.2, 0) is 25.6 Å². The zero-order valence-corrected chi connectivity index (χ0v) is 22.2. The summed E-state index contributed by atoms with van der Waals surface area (Å²) in [4.78, 5) is 61.6. The number of carbonyl (C=O) groups excluding carboxylic acids is 4. The van der Waals surface area contributed by atoms with Gasteiger partial charge in [-0.3, -0.25) is 14.9 Å². The molecule has 1 atom stereocenters. The van der Waals surface area contributed by atoms with Crippen LogP contribution in [0.3, 0.4) is 0 Å². The van der Waals surface area contributed by atoms with Crippen LogP contribution < -0.4 is 5.32 Å². The number of esters is 2. The number of amides is 1. The second-order valence-corrected chi connectivity index (χ2v) is 10.4. The van der Waals surface area contributed by atoms with Crippen molar-refractivity contribution in [1.29, 1.82) is 0 Å². The van der Waals surface area contributed by atoms with E-state index in [1.165, 1.54) is 6.07 Å². The number of ether oxygens (including phenoxy) is 3. The second kappa shape index (κ2) is 12.3. The highest BCUT2D eigenvalue weighted by Gasteiger charge is 2.31. The van der Waals surface area contributed by atoms with Crippen LogP contribution in [0.1, 0.15) is 74.2 Å². The highest BCUT2D eigenvalue weighted by atomic mass is 16.6. The summed E-state index contributed by atoms with van der Waals surface area (Å²) in [6, 6.07) is 10.5. The Morgan fingerprint density at radius 2 is 1.53 bits per heavy atom. The number of benzene rings is 2. The van der Waals surface area contributed by atoms with Gasteiger partial charge in [-0.25, -0.2) is 14.4 Å². The van der Waals surface area contributed by atoms with Gasteiger partial charge in [0.15, 0.2) is 5.78 Å². The molecule has 204 valence electrons. The number of nitro benzene ring substituents is 1. The Morgan fingerprint density at radius 1 is 0.921 bits per heavy atom. The molecular weight excluding hydrogens is 496 g/mol. The average Bonchev–Trinajstić information content (AvgIpc) is 2.80. The minimum absolute atomic E-state index is 0.117. The van der Waals surface area contributed by atoms with Crippen molar-refractivity contribution in [3.8, 4) is 0 Å². The van der Waals surface area contributed by atoms with E-state index < -0.39 is 58.1 Å². The van der Waals surface area contributed by atoms with E-state index in [-0.39, 0.29) is 17.7 Å². The molecule has 0 aromatic heterocycles. The summed E-state index contributed by atoms with van der Waals surface area (Å²) >= 11 is 0. The normalized spacial score (nSPS) is 12.2. The number of Topliss-reactive ketones (excluding diaryl/α,β-unsaturated/α-hetero) is 1. The molecule has 0 spiro atoms. The van der Waals surface area contributed by atoms with Gasteiger partial charge in [0.1, 0.15) is 23.9 Å². The number of rotatable bonds is 9. The van der Waals surface area contributed by atoms with Crippen LogP contribution in [0.15, 0.2) is 48.5 Å². The highest BCUT2D eigenvalue weighted by molar-refractivity contribution is 6.03. The number of carbonyl (C=O) groups is 4. The smallest absolute Gasteiger partial charge is 0.408 e. The van der Waals surface area contributed by atoms with Gasteiger partial charge < -0.3 is 19.5 Å². The van der Waals surface area contributed by atoms with Crippen molar-refractivity contribution in [1.82, 2.24) is 5.32 Å². The summed E-state index contributed by atoms with van der Waals surface area (Å²) in [5, 5.41) is 14.0. The lowest BCUT2D eigenvalue weighted by molar-refractivity contribution is -0.385. The molecule has 2 aromatic rings. The summed E-state index contributed by atoms with van der Waals surface area (Å²) in [5.41, 5.74) is -2.16. The quantitative estimate of drug-likeness (QED) is 0.160. The molecule has 0 aliphatic rings. The minimum Gasteiger partial charge on any atom is -0.459 e. The van der Waals surface area contributed by atoms with E-state index in [2.05, 4.69) is 5.32 Å². The van der Waals surface area contributed by atoms with E-state index in [0.717, 1.165) is 12.1 Å². The topological polar surface area (TPSA) is 151 Å². The molecular formula is C27H32N2O9. The van der Waals surface area contributed by atoms with E-state index in [9.17, 15) is 29.3 Å². The number of hydrogen-bond acceptors (Lipinski definition) is 9. The molecule has 0 fully saturated rings. The molecule has 1 amide bonds. The molecule has 0 bridgehead atoms. The SMILES string of the molecule is CC(C)(C)OC(=O)N[C@H](CC(=O)c1ccc(C(=O)OC(C)(C)C)cc1[N+](=O)[O-])C(=O)OCc1ccccc1. The Bertz CT molecular complexity index is 1200. The first kappa shape index (κ1) is 29.9. The average molecular weight is 529 g/mol. The summed E-state index contributed by atoms with van der Waals surface area (Å²) in [7, 11) is 0. The monoisotopic (exact) mass is 528 g/mol. The third kappa shape index (κ3) is 9.64. The first-order valence-corrected chi connectivity index (χ1v) is 11.8. The van der Waals surface area contributed by atoms with Crippen LogP contribution >= 0.6 is 0 Å². The van der Waals surface area contributed by atoms with Crippen LogP contribution in [-0.4, -0.2) is 46.0 Å². The highest BCUT2D eigenvalue weighted by Crippen LogP contribution is 2.24. The molecule has 0 heterocycles. The number of alkyl carbamates (subject to hydrolysis) is 1. The Kier molecular flexibility index (Phi) is 9.70. The van der Waals surface area contributed by atoms with E-state index in [4.69, 9.17) is 14.2 Å². The number of hydrogen-bond donors (Lipinski definition) is 1. The first-order valence-electron chi connectivity index (χ1n) is 11.8. The molecule has 0 saturated heterocycles. The Morgan fingerprint density at radius 3 is 2.08 bits per heavy atom. The molecule has 0 radical (unpaired) electrons. The Labute approximate surface area is 220 Å².